The monoisotopic (exact) mass is 403 g/mol. The van der Waals surface area contributed by atoms with Gasteiger partial charge in [-0.2, -0.15) is 0 Å². The van der Waals surface area contributed by atoms with Gasteiger partial charge < -0.3 is 14.4 Å². The molecule has 1 aliphatic rings. The highest BCUT2D eigenvalue weighted by atomic mass is 19.1. The largest absolute Gasteiger partial charge is 0.452 e. The number of nitrogens with zero attached hydrogens (tertiary/aromatic N) is 1. The molecule has 4 rings (SSSR count). The van der Waals surface area contributed by atoms with Crippen molar-refractivity contribution in [3.05, 3.63) is 95.0 Å². The molecule has 0 N–H and O–H groups in total. The van der Waals surface area contributed by atoms with Crippen molar-refractivity contribution in [3.63, 3.8) is 0 Å². The lowest BCUT2D eigenvalue weighted by Gasteiger charge is -2.11. The van der Waals surface area contributed by atoms with Crippen molar-refractivity contribution < 1.29 is 23.5 Å². The number of benzene rings is 3. The molecule has 3 aromatic carbocycles. The fraction of sp³-hybridized carbons (Fsp3) is 0.0833. The number of carbonyl (C=O) groups is 2. The van der Waals surface area contributed by atoms with Crippen molar-refractivity contribution >= 4 is 23.5 Å². The highest BCUT2D eigenvalue weighted by Gasteiger charge is 2.28. The molecule has 150 valence electrons. The summed E-state index contributed by atoms with van der Waals surface area (Å²) in [5, 5.41) is 0. The van der Waals surface area contributed by atoms with Crippen LogP contribution in [0.2, 0.25) is 0 Å². The number of rotatable bonds is 4. The molecule has 0 aromatic heterocycles. The number of ketones is 1. The van der Waals surface area contributed by atoms with Crippen molar-refractivity contribution in [1.29, 1.82) is 0 Å². The van der Waals surface area contributed by atoms with Gasteiger partial charge in [-0.05, 0) is 48.0 Å². The number of ether oxygens (including phenoxy) is 2. The van der Waals surface area contributed by atoms with E-state index in [0.717, 1.165) is 11.3 Å². The van der Waals surface area contributed by atoms with E-state index in [-0.39, 0.29) is 28.6 Å². The average molecular weight is 403 g/mol. The molecule has 0 unspecified atom stereocenters. The predicted octanol–water partition coefficient (Wildman–Crippen LogP) is 4.73. The number of fused-ring (bicyclic) bond motifs is 1. The van der Waals surface area contributed by atoms with Crippen LogP contribution in [0.5, 0.6) is 11.5 Å². The standard InChI is InChI=1S/C24H18FNO4/c1-26(2)16-9-7-15(8-10-16)13-22-23(27)19-12-11-17(14-21(19)30-22)29-24(28)18-5-3-4-6-20(18)25/h3-14H,1-2H3/b22-13-. The van der Waals surface area contributed by atoms with Crippen molar-refractivity contribution in [3.8, 4) is 11.5 Å². The first-order valence-electron chi connectivity index (χ1n) is 9.25. The SMILES string of the molecule is CN(C)c1ccc(/C=C2\Oc3cc(OC(=O)c4ccccc4F)ccc3C2=O)cc1. The molecule has 5 nitrogen and oxygen atoms in total. The van der Waals surface area contributed by atoms with Crippen LogP contribution in [0.4, 0.5) is 10.1 Å². The zero-order valence-corrected chi connectivity index (χ0v) is 16.4. The van der Waals surface area contributed by atoms with E-state index in [2.05, 4.69) is 0 Å². The Labute approximate surface area is 173 Å². The summed E-state index contributed by atoms with van der Waals surface area (Å²) in [6, 6.07) is 17.7. The summed E-state index contributed by atoms with van der Waals surface area (Å²) in [6.07, 6.45) is 1.66. The Kier molecular flexibility index (Phi) is 5.06. The molecule has 30 heavy (non-hydrogen) atoms. The first kappa shape index (κ1) is 19.4. The number of anilines is 1. The van der Waals surface area contributed by atoms with Crippen molar-refractivity contribution in [2.45, 2.75) is 0 Å². The van der Waals surface area contributed by atoms with Gasteiger partial charge in [-0.1, -0.05) is 24.3 Å². The third kappa shape index (κ3) is 3.80. The number of hydrogen-bond donors (Lipinski definition) is 0. The first-order chi connectivity index (χ1) is 14.4. The van der Waals surface area contributed by atoms with Crippen LogP contribution in [0, 0.1) is 5.82 Å². The van der Waals surface area contributed by atoms with Gasteiger partial charge in [0.05, 0.1) is 11.1 Å². The van der Waals surface area contributed by atoms with E-state index in [1.165, 1.54) is 36.4 Å². The van der Waals surface area contributed by atoms with Gasteiger partial charge in [0.15, 0.2) is 5.76 Å². The van der Waals surface area contributed by atoms with E-state index in [4.69, 9.17) is 9.47 Å². The van der Waals surface area contributed by atoms with Gasteiger partial charge in [-0.3, -0.25) is 4.79 Å². The molecule has 0 fully saturated rings. The van der Waals surface area contributed by atoms with E-state index in [1.807, 2.05) is 43.3 Å². The molecule has 1 heterocycles. The molecule has 0 saturated carbocycles. The zero-order valence-electron chi connectivity index (χ0n) is 16.4. The summed E-state index contributed by atoms with van der Waals surface area (Å²) in [6.45, 7) is 0. The maximum absolute atomic E-state index is 13.8. The van der Waals surface area contributed by atoms with Crippen LogP contribution in [0.15, 0.2) is 72.5 Å². The zero-order chi connectivity index (χ0) is 21.3. The number of allylic oxidation sites excluding steroid dienone is 1. The summed E-state index contributed by atoms with van der Waals surface area (Å²) in [7, 11) is 3.90. The number of esters is 1. The van der Waals surface area contributed by atoms with Crippen LogP contribution in [0.1, 0.15) is 26.3 Å². The quantitative estimate of drug-likeness (QED) is 0.358. The van der Waals surface area contributed by atoms with Gasteiger partial charge >= 0.3 is 5.97 Å². The number of halogens is 1. The van der Waals surface area contributed by atoms with Crippen LogP contribution >= 0.6 is 0 Å². The Morgan fingerprint density at radius 1 is 1.03 bits per heavy atom. The minimum absolute atomic E-state index is 0.159. The van der Waals surface area contributed by atoms with Crippen molar-refractivity contribution in [1.82, 2.24) is 0 Å². The lowest BCUT2D eigenvalue weighted by molar-refractivity contribution is 0.0729. The van der Waals surface area contributed by atoms with Crippen molar-refractivity contribution in [2.24, 2.45) is 0 Å². The van der Waals surface area contributed by atoms with Crippen LogP contribution < -0.4 is 14.4 Å². The van der Waals surface area contributed by atoms with E-state index >= 15 is 0 Å². The molecule has 0 amide bonds. The normalized spacial score (nSPS) is 13.7. The molecule has 0 atom stereocenters. The minimum atomic E-state index is -0.825. The maximum atomic E-state index is 13.8. The van der Waals surface area contributed by atoms with E-state index in [0.29, 0.717) is 5.56 Å². The molecule has 0 saturated heterocycles. The summed E-state index contributed by atoms with van der Waals surface area (Å²) in [5.74, 6) is -1.12. The summed E-state index contributed by atoms with van der Waals surface area (Å²) >= 11 is 0. The third-order valence-electron chi connectivity index (χ3n) is 4.65. The number of Topliss-reactive ketones (excluding diaryl/α,β-unsaturated/α-hetero) is 1. The lowest BCUT2D eigenvalue weighted by Crippen LogP contribution is -2.10. The van der Waals surface area contributed by atoms with E-state index in [1.54, 1.807) is 12.1 Å². The summed E-state index contributed by atoms with van der Waals surface area (Å²) < 4.78 is 24.7. The molecule has 6 heteroatoms. The van der Waals surface area contributed by atoms with Gasteiger partial charge in [0.1, 0.15) is 17.3 Å². The minimum Gasteiger partial charge on any atom is -0.452 e. The van der Waals surface area contributed by atoms with Crippen LogP contribution in [-0.4, -0.2) is 25.8 Å². The third-order valence-corrected chi connectivity index (χ3v) is 4.65. The average Bonchev–Trinajstić information content (AvgIpc) is 3.03. The van der Waals surface area contributed by atoms with Gasteiger partial charge in [-0.25, -0.2) is 9.18 Å². The number of carbonyl (C=O) groups excluding carboxylic acids is 2. The van der Waals surface area contributed by atoms with Crippen LogP contribution in [0.25, 0.3) is 6.08 Å². The predicted molar refractivity (Wildman–Crippen MR) is 112 cm³/mol. The second kappa shape index (κ2) is 7.83. The fourth-order valence-corrected chi connectivity index (χ4v) is 3.04. The second-order valence-corrected chi connectivity index (χ2v) is 6.95. The summed E-state index contributed by atoms with van der Waals surface area (Å²) in [4.78, 5) is 26.8. The van der Waals surface area contributed by atoms with Gasteiger partial charge in [-0.15, -0.1) is 0 Å². The van der Waals surface area contributed by atoms with Crippen LogP contribution in [-0.2, 0) is 0 Å². The van der Waals surface area contributed by atoms with Crippen molar-refractivity contribution in [2.75, 3.05) is 19.0 Å². The molecular formula is C24H18FNO4. The Morgan fingerprint density at radius 3 is 2.47 bits per heavy atom. The second-order valence-electron chi connectivity index (χ2n) is 6.95. The van der Waals surface area contributed by atoms with Gasteiger partial charge in [0, 0.05) is 25.8 Å². The maximum Gasteiger partial charge on any atom is 0.346 e. The topological polar surface area (TPSA) is 55.8 Å². The molecule has 0 bridgehead atoms. The summed E-state index contributed by atoms with van der Waals surface area (Å²) in [5.41, 5.74) is 2.07. The lowest BCUT2D eigenvalue weighted by atomic mass is 10.1. The highest BCUT2D eigenvalue weighted by Crippen LogP contribution is 2.35. The molecule has 0 spiro atoms. The molecule has 0 aliphatic carbocycles. The Hall–Kier alpha value is -3.93. The molecule has 3 aromatic rings. The fourth-order valence-electron chi connectivity index (χ4n) is 3.04. The smallest absolute Gasteiger partial charge is 0.346 e. The number of hydrogen-bond acceptors (Lipinski definition) is 5. The van der Waals surface area contributed by atoms with Crippen LogP contribution in [0.3, 0.4) is 0 Å². The van der Waals surface area contributed by atoms with Gasteiger partial charge in [0.25, 0.3) is 0 Å². The van der Waals surface area contributed by atoms with E-state index < -0.39 is 11.8 Å². The molecular weight excluding hydrogens is 385 g/mol. The van der Waals surface area contributed by atoms with E-state index in [9.17, 15) is 14.0 Å². The Bertz CT molecular complexity index is 1170. The molecule has 1 aliphatic heterocycles. The first-order valence-corrected chi connectivity index (χ1v) is 9.25. The van der Waals surface area contributed by atoms with Gasteiger partial charge in [0.2, 0.25) is 5.78 Å². The highest BCUT2D eigenvalue weighted by molar-refractivity contribution is 6.14. The Morgan fingerprint density at radius 2 is 1.77 bits per heavy atom. The molecule has 0 radical (unpaired) electrons. The Balaban J connectivity index is 1.54.